The molecule has 0 aromatic heterocycles. The molecule has 0 unspecified atom stereocenters. The predicted octanol–water partition coefficient (Wildman–Crippen LogP) is 0.497. The van der Waals surface area contributed by atoms with Crippen LogP contribution in [0.3, 0.4) is 0 Å². The van der Waals surface area contributed by atoms with Gasteiger partial charge in [0.1, 0.15) is 6.04 Å². The molecule has 1 aromatic carbocycles. The summed E-state index contributed by atoms with van der Waals surface area (Å²) in [5, 5.41) is 4.44. The van der Waals surface area contributed by atoms with Crippen LogP contribution in [0.1, 0.15) is 26.3 Å². The van der Waals surface area contributed by atoms with Crippen LogP contribution in [0.2, 0.25) is 0 Å². The summed E-state index contributed by atoms with van der Waals surface area (Å²) >= 11 is 0. The summed E-state index contributed by atoms with van der Waals surface area (Å²) in [5.41, 5.74) is 5.65. The second-order valence-electron chi connectivity index (χ2n) is 5.88. The lowest BCUT2D eigenvalue weighted by Gasteiger charge is -2.22. The molecule has 25 heavy (non-hydrogen) atoms. The van der Waals surface area contributed by atoms with Gasteiger partial charge in [-0.15, -0.1) is 0 Å². The number of ether oxygens (including phenoxy) is 1. The van der Waals surface area contributed by atoms with Crippen LogP contribution in [0.15, 0.2) is 30.3 Å². The van der Waals surface area contributed by atoms with E-state index in [4.69, 9.17) is 10.5 Å². The SMILES string of the molecule is CC(C)[C@H](NC(=O)Cc1ccccc1)C(=O)O[C@@H](C)C(=O)NC(N)=O. The highest BCUT2D eigenvalue weighted by atomic mass is 16.5. The highest BCUT2D eigenvalue weighted by Crippen LogP contribution is 2.08. The molecule has 0 aliphatic carbocycles. The van der Waals surface area contributed by atoms with E-state index in [2.05, 4.69) is 5.32 Å². The average molecular weight is 349 g/mol. The van der Waals surface area contributed by atoms with Crippen LogP contribution in [-0.2, 0) is 25.5 Å². The van der Waals surface area contributed by atoms with Gasteiger partial charge in [-0.25, -0.2) is 9.59 Å². The molecule has 0 spiro atoms. The maximum atomic E-state index is 12.2. The normalized spacial score (nSPS) is 12.8. The summed E-state index contributed by atoms with van der Waals surface area (Å²) in [7, 11) is 0. The van der Waals surface area contributed by atoms with E-state index in [9.17, 15) is 19.2 Å². The first-order chi connectivity index (χ1) is 11.7. The quantitative estimate of drug-likeness (QED) is 0.618. The Kier molecular flexibility index (Phi) is 7.58. The van der Waals surface area contributed by atoms with Gasteiger partial charge in [0, 0.05) is 0 Å². The van der Waals surface area contributed by atoms with Crippen molar-refractivity contribution in [2.75, 3.05) is 0 Å². The van der Waals surface area contributed by atoms with Crippen molar-refractivity contribution < 1.29 is 23.9 Å². The number of hydrogen-bond donors (Lipinski definition) is 3. The minimum Gasteiger partial charge on any atom is -0.451 e. The number of imide groups is 1. The molecule has 1 aromatic rings. The van der Waals surface area contributed by atoms with E-state index < -0.39 is 30.1 Å². The van der Waals surface area contributed by atoms with Gasteiger partial charge in [-0.1, -0.05) is 44.2 Å². The molecule has 0 aliphatic rings. The minimum absolute atomic E-state index is 0.120. The van der Waals surface area contributed by atoms with E-state index in [0.29, 0.717) is 0 Å². The van der Waals surface area contributed by atoms with Crippen molar-refractivity contribution in [3.05, 3.63) is 35.9 Å². The summed E-state index contributed by atoms with van der Waals surface area (Å²) in [6.07, 6.45) is -1.10. The van der Waals surface area contributed by atoms with E-state index in [-0.39, 0.29) is 18.2 Å². The lowest BCUT2D eigenvalue weighted by molar-refractivity contribution is -0.158. The monoisotopic (exact) mass is 349 g/mol. The molecule has 0 radical (unpaired) electrons. The number of nitrogens with two attached hydrogens (primary N) is 1. The summed E-state index contributed by atoms with van der Waals surface area (Å²) < 4.78 is 5.01. The Morgan fingerprint density at radius 1 is 1.08 bits per heavy atom. The number of primary amides is 1. The Bertz CT molecular complexity index is 630. The number of esters is 1. The Balaban J connectivity index is 2.65. The largest absolute Gasteiger partial charge is 0.451 e. The average Bonchev–Trinajstić information content (AvgIpc) is 2.52. The number of hydrogen-bond acceptors (Lipinski definition) is 5. The zero-order valence-electron chi connectivity index (χ0n) is 14.4. The minimum atomic E-state index is -1.22. The smallest absolute Gasteiger partial charge is 0.329 e. The second-order valence-corrected chi connectivity index (χ2v) is 5.88. The number of nitrogens with one attached hydrogen (secondary N) is 2. The number of urea groups is 1. The van der Waals surface area contributed by atoms with Gasteiger partial charge in [0.15, 0.2) is 6.10 Å². The Hall–Kier alpha value is -2.90. The first-order valence-electron chi connectivity index (χ1n) is 7.84. The van der Waals surface area contributed by atoms with Crippen LogP contribution >= 0.6 is 0 Å². The molecule has 0 heterocycles. The molecule has 1 rings (SSSR count). The second kappa shape index (κ2) is 9.41. The fraction of sp³-hybridized carbons (Fsp3) is 0.412. The van der Waals surface area contributed by atoms with E-state index >= 15 is 0 Å². The number of benzene rings is 1. The van der Waals surface area contributed by atoms with Gasteiger partial charge >= 0.3 is 12.0 Å². The first kappa shape index (κ1) is 20.1. The third-order valence-corrected chi connectivity index (χ3v) is 3.35. The van der Waals surface area contributed by atoms with Gasteiger partial charge in [-0.2, -0.15) is 0 Å². The molecule has 4 amide bonds. The van der Waals surface area contributed by atoms with Crippen molar-refractivity contribution >= 4 is 23.8 Å². The number of amides is 4. The summed E-state index contributed by atoms with van der Waals surface area (Å²) in [4.78, 5) is 46.6. The number of carbonyl (C=O) groups is 4. The number of rotatable bonds is 7. The fourth-order valence-corrected chi connectivity index (χ4v) is 2.03. The molecule has 0 aliphatic heterocycles. The summed E-state index contributed by atoms with van der Waals surface area (Å²) in [6.45, 7) is 4.78. The van der Waals surface area contributed by atoms with Crippen LogP contribution < -0.4 is 16.4 Å². The molecule has 8 nitrogen and oxygen atoms in total. The van der Waals surface area contributed by atoms with Crippen molar-refractivity contribution in [2.45, 2.75) is 39.3 Å². The van der Waals surface area contributed by atoms with Gasteiger partial charge in [-0.3, -0.25) is 14.9 Å². The molecule has 0 fully saturated rings. The van der Waals surface area contributed by atoms with Crippen LogP contribution in [-0.4, -0.2) is 36.0 Å². The van der Waals surface area contributed by atoms with E-state index in [0.717, 1.165) is 5.56 Å². The molecular formula is C17H23N3O5. The predicted molar refractivity (Wildman–Crippen MR) is 90.2 cm³/mol. The molecule has 0 bridgehead atoms. The van der Waals surface area contributed by atoms with Crippen LogP contribution in [0.5, 0.6) is 0 Å². The third kappa shape index (κ3) is 7.03. The zero-order valence-corrected chi connectivity index (χ0v) is 14.4. The maximum Gasteiger partial charge on any atom is 0.329 e. The Labute approximate surface area is 146 Å². The molecule has 2 atom stereocenters. The lowest BCUT2D eigenvalue weighted by Crippen LogP contribution is -2.49. The summed E-state index contributed by atoms with van der Waals surface area (Å²) in [5.74, 6) is -2.18. The van der Waals surface area contributed by atoms with Crippen molar-refractivity contribution in [1.29, 1.82) is 0 Å². The molecule has 0 saturated carbocycles. The third-order valence-electron chi connectivity index (χ3n) is 3.35. The molecule has 8 heteroatoms. The van der Waals surface area contributed by atoms with Crippen molar-refractivity contribution in [1.82, 2.24) is 10.6 Å². The van der Waals surface area contributed by atoms with Crippen molar-refractivity contribution in [3.8, 4) is 0 Å². The van der Waals surface area contributed by atoms with Gasteiger partial charge in [-0.05, 0) is 18.4 Å². The molecule has 4 N–H and O–H groups in total. The van der Waals surface area contributed by atoms with Gasteiger partial charge < -0.3 is 15.8 Å². The topological polar surface area (TPSA) is 128 Å². The lowest BCUT2D eigenvalue weighted by atomic mass is 10.0. The van der Waals surface area contributed by atoms with Crippen molar-refractivity contribution in [3.63, 3.8) is 0 Å². The summed E-state index contributed by atoms with van der Waals surface area (Å²) in [6, 6.07) is 7.13. The standard InChI is InChI=1S/C17H23N3O5/c1-10(2)14(16(23)25-11(3)15(22)20-17(18)24)19-13(21)9-12-7-5-4-6-8-12/h4-8,10-11,14H,9H2,1-3H3,(H,19,21)(H3,18,20,22,24)/t11-,14-/m0/s1. The molecule has 0 saturated heterocycles. The van der Waals surface area contributed by atoms with Crippen LogP contribution in [0, 0.1) is 5.92 Å². The van der Waals surface area contributed by atoms with E-state index in [1.54, 1.807) is 26.0 Å². The Morgan fingerprint density at radius 3 is 2.20 bits per heavy atom. The van der Waals surface area contributed by atoms with Crippen LogP contribution in [0.4, 0.5) is 4.79 Å². The zero-order chi connectivity index (χ0) is 19.0. The Morgan fingerprint density at radius 2 is 1.68 bits per heavy atom. The molecule has 136 valence electrons. The van der Waals surface area contributed by atoms with E-state index in [1.807, 2.05) is 23.5 Å². The highest BCUT2D eigenvalue weighted by Gasteiger charge is 2.29. The highest BCUT2D eigenvalue weighted by molar-refractivity contribution is 5.96. The number of carbonyl (C=O) groups excluding carboxylic acids is 4. The van der Waals surface area contributed by atoms with Gasteiger partial charge in [0.2, 0.25) is 5.91 Å². The van der Waals surface area contributed by atoms with Gasteiger partial charge in [0.05, 0.1) is 6.42 Å². The van der Waals surface area contributed by atoms with Crippen molar-refractivity contribution in [2.24, 2.45) is 11.7 Å². The molecular weight excluding hydrogens is 326 g/mol. The van der Waals surface area contributed by atoms with E-state index in [1.165, 1.54) is 6.92 Å². The van der Waals surface area contributed by atoms with Gasteiger partial charge in [0.25, 0.3) is 5.91 Å². The maximum absolute atomic E-state index is 12.2. The fourth-order valence-electron chi connectivity index (χ4n) is 2.03. The van der Waals surface area contributed by atoms with Crippen LogP contribution in [0.25, 0.3) is 0 Å². The first-order valence-corrected chi connectivity index (χ1v) is 7.84.